The molecule has 0 saturated carbocycles. The molecule has 0 fully saturated rings. The first-order valence-electron chi connectivity index (χ1n) is 2.32. The zero-order chi connectivity index (χ0) is 7.11. The first-order valence-corrected chi connectivity index (χ1v) is 2.32. The average Bonchev–Trinajstić information content (AvgIpc) is 1.94. The van der Waals surface area contributed by atoms with Crippen molar-refractivity contribution in [3.05, 3.63) is 42.7 Å². The SMILES string of the molecule is Fc1ccccc1.[C-]#N. The van der Waals surface area contributed by atoms with Crippen molar-refractivity contribution in [1.82, 2.24) is 0 Å². The Morgan fingerprint density at radius 2 is 1.56 bits per heavy atom. The smallest absolute Gasteiger partial charge is 0.123 e. The summed E-state index contributed by atoms with van der Waals surface area (Å²) in [4.78, 5) is 0. The summed E-state index contributed by atoms with van der Waals surface area (Å²) in [6.07, 6.45) is 0. The molecule has 0 radical (unpaired) electrons. The van der Waals surface area contributed by atoms with E-state index in [2.05, 4.69) is 0 Å². The molecule has 1 aromatic carbocycles. The van der Waals surface area contributed by atoms with E-state index in [1.54, 1.807) is 18.2 Å². The van der Waals surface area contributed by atoms with Gasteiger partial charge in [0.2, 0.25) is 0 Å². The van der Waals surface area contributed by atoms with Gasteiger partial charge >= 0.3 is 0 Å². The molecule has 9 heavy (non-hydrogen) atoms. The molecule has 0 saturated heterocycles. The van der Waals surface area contributed by atoms with Crippen LogP contribution < -0.4 is 0 Å². The van der Waals surface area contributed by atoms with Gasteiger partial charge in [0.15, 0.2) is 0 Å². The summed E-state index contributed by atoms with van der Waals surface area (Å²) in [5.74, 6) is -0.178. The highest BCUT2D eigenvalue weighted by Crippen LogP contribution is 1.91. The number of benzene rings is 1. The van der Waals surface area contributed by atoms with Gasteiger partial charge in [0.25, 0.3) is 0 Å². The lowest BCUT2D eigenvalue weighted by atomic mass is 10.4. The van der Waals surface area contributed by atoms with Crippen LogP contribution in [0.2, 0.25) is 0 Å². The summed E-state index contributed by atoms with van der Waals surface area (Å²) in [5.41, 5.74) is 0. The van der Waals surface area contributed by atoms with E-state index in [-0.39, 0.29) is 5.82 Å². The van der Waals surface area contributed by atoms with Crippen LogP contribution in [0, 0.1) is 17.7 Å². The summed E-state index contributed by atoms with van der Waals surface area (Å²) in [7, 11) is 0. The van der Waals surface area contributed by atoms with E-state index in [4.69, 9.17) is 11.8 Å². The maximum absolute atomic E-state index is 11.9. The van der Waals surface area contributed by atoms with Crippen LogP contribution in [0.4, 0.5) is 4.39 Å². The number of halogens is 1. The normalized spacial score (nSPS) is 7.00. The summed E-state index contributed by atoms with van der Waals surface area (Å²) in [6, 6.07) is 7.94. The Bertz CT molecular complexity index is 169. The molecule has 0 bridgehead atoms. The maximum Gasteiger partial charge on any atom is 0.123 e. The van der Waals surface area contributed by atoms with E-state index in [1.807, 2.05) is 0 Å². The minimum Gasteiger partial charge on any atom is -0.512 e. The van der Waals surface area contributed by atoms with Crippen LogP contribution in [0.25, 0.3) is 0 Å². The standard InChI is InChI=1S/C6H5F.CN/c7-6-4-2-1-3-5-6;1-2/h1-5H;/q;-1. The van der Waals surface area contributed by atoms with Crippen molar-refractivity contribution >= 4 is 0 Å². The van der Waals surface area contributed by atoms with Gasteiger partial charge in [0, 0.05) is 0 Å². The molecule has 2 heteroatoms. The third kappa shape index (κ3) is 3.24. The zero-order valence-corrected chi connectivity index (χ0v) is 4.71. The lowest BCUT2D eigenvalue weighted by Crippen LogP contribution is -1.63. The van der Waals surface area contributed by atoms with E-state index in [0.29, 0.717) is 0 Å². The fourth-order valence-corrected chi connectivity index (χ4v) is 0.415. The van der Waals surface area contributed by atoms with Gasteiger partial charge < -0.3 is 11.8 Å². The second-order valence-electron chi connectivity index (χ2n) is 1.30. The van der Waals surface area contributed by atoms with Crippen LogP contribution in [0.5, 0.6) is 0 Å². The van der Waals surface area contributed by atoms with Gasteiger partial charge in [0.1, 0.15) is 5.82 Å². The van der Waals surface area contributed by atoms with Crippen molar-refractivity contribution in [3.63, 3.8) is 0 Å². The molecule has 0 aliphatic carbocycles. The Balaban J connectivity index is 0.000000291. The largest absolute Gasteiger partial charge is 0.512 e. The summed E-state index contributed by atoms with van der Waals surface area (Å²) in [6.45, 7) is 4.75. The second-order valence-corrected chi connectivity index (χ2v) is 1.30. The molecule has 0 aliphatic heterocycles. The van der Waals surface area contributed by atoms with Crippen molar-refractivity contribution in [2.75, 3.05) is 0 Å². The summed E-state index contributed by atoms with van der Waals surface area (Å²) >= 11 is 0. The average molecular weight is 122 g/mol. The second kappa shape index (κ2) is 4.79. The van der Waals surface area contributed by atoms with Crippen LogP contribution in [-0.2, 0) is 0 Å². The third-order valence-corrected chi connectivity index (χ3v) is 0.733. The number of rotatable bonds is 0. The van der Waals surface area contributed by atoms with Crippen LogP contribution in [0.15, 0.2) is 30.3 Å². The minimum absolute atomic E-state index is 0.178. The van der Waals surface area contributed by atoms with Crippen molar-refractivity contribution < 1.29 is 4.39 Å². The van der Waals surface area contributed by atoms with Crippen molar-refractivity contribution in [2.45, 2.75) is 0 Å². The number of nitrogens with zero attached hydrogens (tertiary/aromatic N) is 1. The van der Waals surface area contributed by atoms with Gasteiger partial charge in [-0.25, -0.2) is 4.39 Å². The van der Waals surface area contributed by atoms with Gasteiger partial charge in [-0.15, -0.1) is 0 Å². The topological polar surface area (TPSA) is 23.8 Å². The first kappa shape index (κ1) is 7.64. The molecule has 0 amide bonds. The Morgan fingerprint density at radius 3 is 1.78 bits per heavy atom. The van der Waals surface area contributed by atoms with E-state index in [0.717, 1.165) is 0 Å². The fraction of sp³-hybridized carbons (Fsp3) is 0. The molecule has 46 valence electrons. The van der Waals surface area contributed by atoms with Crippen molar-refractivity contribution in [1.29, 1.82) is 5.26 Å². The summed E-state index contributed by atoms with van der Waals surface area (Å²) < 4.78 is 11.9. The zero-order valence-electron chi connectivity index (χ0n) is 4.71. The highest BCUT2D eigenvalue weighted by Gasteiger charge is 1.77. The van der Waals surface area contributed by atoms with E-state index >= 15 is 0 Å². The fourth-order valence-electron chi connectivity index (χ4n) is 0.415. The molecule has 0 aromatic heterocycles. The van der Waals surface area contributed by atoms with Crippen molar-refractivity contribution in [3.8, 4) is 0 Å². The molecular formula is C7H5FN-. The molecular weight excluding hydrogens is 117 g/mol. The Hall–Kier alpha value is -1.36. The molecule has 0 heterocycles. The molecule has 0 N–H and O–H groups in total. The maximum atomic E-state index is 11.9. The molecule has 1 nitrogen and oxygen atoms in total. The predicted molar refractivity (Wildman–Crippen MR) is 31.4 cm³/mol. The predicted octanol–water partition coefficient (Wildman–Crippen LogP) is 1.92. The Labute approximate surface area is 53.4 Å². The van der Waals surface area contributed by atoms with E-state index in [9.17, 15) is 4.39 Å². The number of hydrogen-bond donors (Lipinski definition) is 0. The first-order chi connectivity index (χ1) is 4.39. The Morgan fingerprint density at radius 1 is 1.11 bits per heavy atom. The van der Waals surface area contributed by atoms with Gasteiger partial charge in [-0.05, 0) is 12.1 Å². The van der Waals surface area contributed by atoms with Gasteiger partial charge in [0.05, 0.1) is 0 Å². The molecule has 1 aromatic rings. The van der Waals surface area contributed by atoms with Gasteiger partial charge in [-0.3, -0.25) is 0 Å². The van der Waals surface area contributed by atoms with Crippen LogP contribution in [-0.4, -0.2) is 0 Å². The van der Waals surface area contributed by atoms with Crippen LogP contribution in [0.3, 0.4) is 0 Å². The van der Waals surface area contributed by atoms with Gasteiger partial charge in [-0.2, -0.15) is 0 Å². The molecule has 0 spiro atoms. The minimum atomic E-state index is -0.178. The third-order valence-electron chi connectivity index (χ3n) is 0.733. The Kier molecular flexibility index (Phi) is 4.07. The van der Waals surface area contributed by atoms with E-state index in [1.165, 1.54) is 12.1 Å². The van der Waals surface area contributed by atoms with Gasteiger partial charge in [-0.1, -0.05) is 18.2 Å². The highest BCUT2D eigenvalue weighted by atomic mass is 19.1. The molecule has 0 atom stereocenters. The molecule has 1 rings (SSSR count). The van der Waals surface area contributed by atoms with Crippen molar-refractivity contribution in [2.24, 2.45) is 0 Å². The molecule has 0 unspecified atom stereocenters. The lowest BCUT2D eigenvalue weighted by Gasteiger charge is -1.78. The number of hydrogen-bond acceptors (Lipinski definition) is 1. The van der Waals surface area contributed by atoms with E-state index < -0.39 is 0 Å². The van der Waals surface area contributed by atoms with Crippen LogP contribution >= 0.6 is 0 Å². The highest BCUT2D eigenvalue weighted by molar-refractivity contribution is 5.02. The summed E-state index contributed by atoms with van der Waals surface area (Å²) in [5, 5.41) is 6.25. The monoisotopic (exact) mass is 122 g/mol. The molecule has 0 aliphatic rings. The lowest BCUT2D eigenvalue weighted by molar-refractivity contribution is 0.628. The van der Waals surface area contributed by atoms with Crippen LogP contribution in [0.1, 0.15) is 0 Å². The quantitative estimate of drug-likeness (QED) is 0.482.